The molecule has 116 valence electrons. The second-order valence-electron chi connectivity index (χ2n) is 4.90. The Hall–Kier alpha value is -1.58. The van der Waals surface area contributed by atoms with Crippen molar-refractivity contribution in [2.24, 2.45) is 0 Å². The van der Waals surface area contributed by atoms with Gasteiger partial charge in [-0.1, -0.05) is 0 Å². The minimum Gasteiger partial charge on any atom is -0.390 e. The molecule has 6 nitrogen and oxygen atoms in total. The summed E-state index contributed by atoms with van der Waals surface area (Å²) in [6, 6.07) is 1.70. The Kier molecular flexibility index (Phi) is 4.26. The summed E-state index contributed by atoms with van der Waals surface area (Å²) in [4.78, 5) is 13.2. The number of carbonyl (C=O) groups excluding carboxylic acids is 1. The third-order valence-electron chi connectivity index (χ3n) is 3.10. The van der Waals surface area contributed by atoms with E-state index >= 15 is 0 Å². The number of halogens is 2. The van der Waals surface area contributed by atoms with E-state index in [-0.39, 0.29) is 18.7 Å². The van der Waals surface area contributed by atoms with Gasteiger partial charge in [0.25, 0.3) is 5.91 Å². The van der Waals surface area contributed by atoms with Crippen LogP contribution in [-0.2, 0) is 10.0 Å². The first-order chi connectivity index (χ1) is 9.67. The maximum atomic E-state index is 13.6. The van der Waals surface area contributed by atoms with Crippen LogP contribution in [0.5, 0.6) is 0 Å². The van der Waals surface area contributed by atoms with E-state index in [0.29, 0.717) is 6.07 Å². The molecule has 0 bridgehead atoms. The molecule has 1 aromatic carbocycles. The van der Waals surface area contributed by atoms with E-state index in [1.54, 1.807) is 0 Å². The number of β-amino-alcohol motifs (C(OH)–C–C–N with tert-alkyl or cyclic N) is 1. The third kappa shape index (κ3) is 3.74. The second-order valence-corrected chi connectivity index (χ2v) is 6.68. The SMILES string of the molecule is CS(=O)(=O)N[C@@H]1CN(C(=O)c2ccc(F)cc2F)C[C@H]1O. The zero-order valence-electron chi connectivity index (χ0n) is 11.1. The zero-order chi connectivity index (χ0) is 15.8. The van der Waals surface area contributed by atoms with Crippen LogP contribution in [0, 0.1) is 11.6 Å². The molecule has 2 atom stereocenters. The van der Waals surface area contributed by atoms with Crippen LogP contribution in [0.4, 0.5) is 8.78 Å². The van der Waals surface area contributed by atoms with Gasteiger partial charge in [0.1, 0.15) is 11.6 Å². The highest BCUT2D eigenvalue weighted by Gasteiger charge is 2.36. The van der Waals surface area contributed by atoms with Crippen LogP contribution in [0.3, 0.4) is 0 Å². The first-order valence-electron chi connectivity index (χ1n) is 6.07. The molecule has 0 saturated carbocycles. The number of aliphatic hydroxyl groups is 1. The lowest BCUT2D eigenvalue weighted by Gasteiger charge is -2.16. The molecule has 0 unspecified atom stereocenters. The van der Waals surface area contributed by atoms with Gasteiger partial charge >= 0.3 is 0 Å². The number of nitrogens with one attached hydrogen (secondary N) is 1. The number of likely N-dealkylation sites (tertiary alicyclic amines) is 1. The average Bonchev–Trinajstić information content (AvgIpc) is 2.68. The van der Waals surface area contributed by atoms with E-state index in [1.807, 2.05) is 0 Å². The smallest absolute Gasteiger partial charge is 0.256 e. The topological polar surface area (TPSA) is 86.7 Å². The highest BCUT2D eigenvalue weighted by Crippen LogP contribution is 2.17. The van der Waals surface area contributed by atoms with Crippen LogP contribution in [0.25, 0.3) is 0 Å². The highest BCUT2D eigenvalue weighted by atomic mass is 32.2. The van der Waals surface area contributed by atoms with Crippen LogP contribution in [0.15, 0.2) is 18.2 Å². The lowest BCUT2D eigenvalue weighted by atomic mass is 10.2. The first kappa shape index (κ1) is 15.8. The van der Waals surface area contributed by atoms with Crippen LogP contribution in [0.1, 0.15) is 10.4 Å². The summed E-state index contributed by atoms with van der Waals surface area (Å²) in [5, 5.41) is 9.76. The number of benzene rings is 1. The number of carbonyl (C=O) groups is 1. The van der Waals surface area contributed by atoms with Gasteiger partial charge in [0, 0.05) is 19.2 Å². The van der Waals surface area contributed by atoms with Crippen molar-refractivity contribution < 1.29 is 27.1 Å². The van der Waals surface area contributed by atoms with Crippen molar-refractivity contribution >= 4 is 15.9 Å². The maximum Gasteiger partial charge on any atom is 0.256 e. The Morgan fingerprint density at radius 3 is 2.62 bits per heavy atom. The van der Waals surface area contributed by atoms with E-state index in [1.165, 1.54) is 0 Å². The Morgan fingerprint density at radius 1 is 1.38 bits per heavy atom. The van der Waals surface area contributed by atoms with Gasteiger partial charge in [0.05, 0.1) is 24.0 Å². The van der Waals surface area contributed by atoms with E-state index in [9.17, 15) is 27.1 Å². The lowest BCUT2D eigenvalue weighted by Crippen LogP contribution is -2.42. The molecule has 2 N–H and O–H groups in total. The molecule has 1 saturated heterocycles. The second kappa shape index (κ2) is 5.66. The van der Waals surface area contributed by atoms with Crippen molar-refractivity contribution in [1.29, 1.82) is 0 Å². The van der Waals surface area contributed by atoms with Crippen molar-refractivity contribution in [2.45, 2.75) is 12.1 Å². The fourth-order valence-electron chi connectivity index (χ4n) is 2.18. The van der Waals surface area contributed by atoms with E-state index in [4.69, 9.17) is 0 Å². The quantitative estimate of drug-likeness (QED) is 0.800. The monoisotopic (exact) mass is 320 g/mol. The largest absolute Gasteiger partial charge is 0.390 e. The molecule has 1 fully saturated rings. The fourth-order valence-corrected chi connectivity index (χ4v) is 2.96. The van der Waals surface area contributed by atoms with Gasteiger partial charge < -0.3 is 10.0 Å². The minimum absolute atomic E-state index is 0.0934. The number of hydrogen-bond acceptors (Lipinski definition) is 4. The molecule has 1 heterocycles. The number of amides is 1. The molecule has 0 aromatic heterocycles. The minimum atomic E-state index is -3.54. The van der Waals surface area contributed by atoms with E-state index in [0.717, 1.165) is 23.3 Å². The first-order valence-corrected chi connectivity index (χ1v) is 7.96. The number of rotatable bonds is 3. The van der Waals surface area contributed by atoms with Gasteiger partial charge in [-0.15, -0.1) is 0 Å². The number of aliphatic hydroxyl groups excluding tert-OH is 1. The standard InChI is InChI=1S/C12H14F2N2O4S/c1-21(19,20)15-10-5-16(6-11(10)17)12(18)8-3-2-7(13)4-9(8)14/h2-4,10-11,15,17H,5-6H2,1H3/t10-,11-/m1/s1. The number of nitrogens with zero attached hydrogens (tertiary/aromatic N) is 1. The summed E-state index contributed by atoms with van der Waals surface area (Å²) in [7, 11) is -3.54. The summed E-state index contributed by atoms with van der Waals surface area (Å²) < 4.78 is 50.9. The number of sulfonamides is 1. The van der Waals surface area contributed by atoms with Gasteiger partial charge in [0.15, 0.2) is 0 Å². The highest BCUT2D eigenvalue weighted by molar-refractivity contribution is 7.88. The average molecular weight is 320 g/mol. The van der Waals surface area contributed by atoms with Gasteiger partial charge in [0.2, 0.25) is 10.0 Å². The summed E-state index contributed by atoms with van der Waals surface area (Å²) in [6.45, 7) is -0.229. The van der Waals surface area contributed by atoms with Crippen molar-refractivity contribution in [3.8, 4) is 0 Å². The Morgan fingerprint density at radius 2 is 2.05 bits per heavy atom. The molecule has 1 aromatic rings. The van der Waals surface area contributed by atoms with E-state index < -0.39 is 39.7 Å². The van der Waals surface area contributed by atoms with Crippen molar-refractivity contribution in [1.82, 2.24) is 9.62 Å². The van der Waals surface area contributed by atoms with Crippen molar-refractivity contribution in [2.75, 3.05) is 19.3 Å². The van der Waals surface area contributed by atoms with Crippen molar-refractivity contribution in [3.63, 3.8) is 0 Å². The predicted molar refractivity (Wildman–Crippen MR) is 70.0 cm³/mol. The van der Waals surface area contributed by atoms with E-state index in [2.05, 4.69) is 4.72 Å². The molecular formula is C12H14F2N2O4S. The predicted octanol–water partition coefficient (Wildman–Crippen LogP) is -0.301. The normalized spacial score (nSPS) is 22.6. The summed E-state index contributed by atoms with van der Waals surface area (Å²) in [5.41, 5.74) is -0.330. The molecule has 1 aliphatic heterocycles. The molecule has 1 aliphatic rings. The van der Waals surface area contributed by atoms with Crippen molar-refractivity contribution in [3.05, 3.63) is 35.4 Å². The van der Waals surface area contributed by atoms with Gasteiger partial charge in [-0.3, -0.25) is 4.79 Å². The summed E-state index contributed by atoms with van der Waals surface area (Å²) >= 11 is 0. The molecule has 21 heavy (non-hydrogen) atoms. The summed E-state index contributed by atoms with van der Waals surface area (Å²) in [6.07, 6.45) is -0.156. The Balaban J connectivity index is 2.15. The van der Waals surface area contributed by atoms with Gasteiger partial charge in [-0.25, -0.2) is 21.9 Å². The molecule has 0 aliphatic carbocycles. The van der Waals surface area contributed by atoms with Crippen LogP contribution in [0.2, 0.25) is 0 Å². The Labute approximate surface area is 120 Å². The van der Waals surface area contributed by atoms with Gasteiger partial charge in [-0.2, -0.15) is 0 Å². The fraction of sp³-hybridized carbons (Fsp3) is 0.417. The molecular weight excluding hydrogens is 306 g/mol. The molecule has 0 radical (unpaired) electrons. The van der Waals surface area contributed by atoms with Crippen LogP contribution >= 0.6 is 0 Å². The van der Waals surface area contributed by atoms with Crippen LogP contribution < -0.4 is 4.72 Å². The maximum absolute atomic E-state index is 13.6. The zero-order valence-corrected chi connectivity index (χ0v) is 11.9. The number of hydrogen-bond donors (Lipinski definition) is 2. The summed E-state index contributed by atoms with van der Waals surface area (Å²) in [5.74, 6) is -2.54. The van der Waals surface area contributed by atoms with Gasteiger partial charge in [-0.05, 0) is 12.1 Å². The molecule has 2 rings (SSSR count). The third-order valence-corrected chi connectivity index (χ3v) is 3.83. The lowest BCUT2D eigenvalue weighted by molar-refractivity contribution is 0.0760. The molecule has 1 amide bonds. The Bertz CT molecular complexity index is 665. The van der Waals surface area contributed by atoms with Crippen LogP contribution in [-0.4, -0.2) is 55.8 Å². The molecule has 9 heteroatoms. The molecule has 0 spiro atoms.